The molecule has 0 atom stereocenters. The van der Waals surface area contributed by atoms with Crippen LogP contribution in [0.4, 0.5) is 5.69 Å². The second kappa shape index (κ2) is 5.98. The average molecular weight is 240 g/mol. The van der Waals surface area contributed by atoms with Crippen molar-refractivity contribution < 1.29 is 4.79 Å². The number of hydrogen-bond acceptors (Lipinski definition) is 2. The molecule has 0 aromatic heterocycles. The zero-order valence-corrected chi connectivity index (χ0v) is 10.1. The Morgan fingerprint density at radius 2 is 1.94 bits per heavy atom. The fraction of sp³-hybridized carbons (Fsp3) is 0.133. The van der Waals surface area contributed by atoms with Crippen molar-refractivity contribution in [3.05, 3.63) is 55.1 Å². The van der Waals surface area contributed by atoms with Crippen molar-refractivity contribution in [2.75, 3.05) is 18.4 Å². The number of nitrogens with one attached hydrogen (secondary N) is 2. The molecule has 0 saturated carbocycles. The molecular formula is C15H16N2O. The third-order valence-corrected chi connectivity index (χ3v) is 2.64. The van der Waals surface area contributed by atoms with Gasteiger partial charge in [0.05, 0.1) is 6.54 Å². The Hall–Kier alpha value is -2.13. The Balaban J connectivity index is 2.11. The van der Waals surface area contributed by atoms with E-state index in [1.54, 1.807) is 6.08 Å². The van der Waals surface area contributed by atoms with Gasteiger partial charge in [-0.15, -0.1) is 6.58 Å². The van der Waals surface area contributed by atoms with Gasteiger partial charge in [0.25, 0.3) is 0 Å². The zero-order valence-electron chi connectivity index (χ0n) is 10.1. The van der Waals surface area contributed by atoms with Gasteiger partial charge in [-0.1, -0.05) is 42.5 Å². The van der Waals surface area contributed by atoms with E-state index < -0.39 is 0 Å². The minimum absolute atomic E-state index is 0.0480. The largest absolute Gasteiger partial charge is 0.324 e. The Kier molecular flexibility index (Phi) is 4.10. The molecule has 0 aliphatic carbocycles. The summed E-state index contributed by atoms with van der Waals surface area (Å²) >= 11 is 0. The highest BCUT2D eigenvalue weighted by Gasteiger charge is 2.04. The van der Waals surface area contributed by atoms with Crippen LogP contribution in [0.15, 0.2) is 55.1 Å². The van der Waals surface area contributed by atoms with Crippen molar-refractivity contribution in [1.29, 1.82) is 0 Å². The highest BCUT2D eigenvalue weighted by molar-refractivity contribution is 6.02. The summed E-state index contributed by atoms with van der Waals surface area (Å²) in [7, 11) is 0. The highest BCUT2D eigenvalue weighted by atomic mass is 16.1. The molecule has 0 heterocycles. The molecule has 0 spiro atoms. The van der Waals surface area contributed by atoms with E-state index in [2.05, 4.69) is 17.2 Å². The summed E-state index contributed by atoms with van der Waals surface area (Å²) in [6.45, 7) is 4.50. The van der Waals surface area contributed by atoms with E-state index in [9.17, 15) is 4.79 Å². The first kappa shape index (κ1) is 12.3. The SMILES string of the molecule is C=CCNCC(=O)Nc1cccc2ccccc12. The predicted molar refractivity (Wildman–Crippen MR) is 75.6 cm³/mol. The second-order valence-electron chi connectivity index (χ2n) is 3.99. The highest BCUT2D eigenvalue weighted by Crippen LogP contribution is 2.22. The first-order valence-electron chi connectivity index (χ1n) is 5.90. The molecule has 0 aliphatic heterocycles. The minimum atomic E-state index is -0.0480. The van der Waals surface area contributed by atoms with Crippen molar-refractivity contribution in [1.82, 2.24) is 5.32 Å². The van der Waals surface area contributed by atoms with Crippen LogP contribution in [-0.2, 0) is 4.79 Å². The average Bonchev–Trinajstić information content (AvgIpc) is 2.39. The number of benzene rings is 2. The van der Waals surface area contributed by atoms with E-state index in [1.807, 2.05) is 42.5 Å². The maximum Gasteiger partial charge on any atom is 0.238 e. The molecule has 2 aromatic rings. The summed E-state index contributed by atoms with van der Waals surface area (Å²) in [6.07, 6.45) is 1.73. The van der Waals surface area contributed by atoms with Crippen molar-refractivity contribution in [2.24, 2.45) is 0 Å². The molecule has 92 valence electrons. The number of hydrogen-bond donors (Lipinski definition) is 2. The first-order valence-corrected chi connectivity index (χ1v) is 5.90. The van der Waals surface area contributed by atoms with Gasteiger partial charge in [0.15, 0.2) is 0 Å². The molecule has 18 heavy (non-hydrogen) atoms. The summed E-state index contributed by atoms with van der Waals surface area (Å²) in [5.41, 5.74) is 0.846. The monoisotopic (exact) mass is 240 g/mol. The van der Waals surface area contributed by atoms with Crippen molar-refractivity contribution in [3.8, 4) is 0 Å². The third-order valence-electron chi connectivity index (χ3n) is 2.64. The molecule has 3 nitrogen and oxygen atoms in total. The quantitative estimate of drug-likeness (QED) is 0.623. The van der Waals surface area contributed by atoms with Crippen molar-refractivity contribution in [3.63, 3.8) is 0 Å². The fourth-order valence-corrected chi connectivity index (χ4v) is 1.82. The zero-order chi connectivity index (χ0) is 12.8. The van der Waals surface area contributed by atoms with Gasteiger partial charge < -0.3 is 10.6 Å². The van der Waals surface area contributed by atoms with Gasteiger partial charge in [0.1, 0.15) is 0 Å². The lowest BCUT2D eigenvalue weighted by Gasteiger charge is -2.08. The van der Waals surface area contributed by atoms with E-state index in [0.717, 1.165) is 16.5 Å². The van der Waals surface area contributed by atoms with E-state index in [4.69, 9.17) is 0 Å². The van der Waals surface area contributed by atoms with Crippen molar-refractivity contribution >= 4 is 22.4 Å². The number of anilines is 1. The molecule has 0 radical (unpaired) electrons. The van der Waals surface area contributed by atoms with Gasteiger partial charge in [0, 0.05) is 17.6 Å². The van der Waals surface area contributed by atoms with Crippen LogP contribution in [-0.4, -0.2) is 19.0 Å². The summed E-state index contributed by atoms with van der Waals surface area (Å²) in [5, 5.41) is 8.05. The van der Waals surface area contributed by atoms with E-state index in [1.165, 1.54) is 0 Å². The standard InChI is InChI=1S/C15H16N2O/c1-2-10-16-11-15(18)17-14-9-5-7-12-6-3-4-8-13(12)14/h2-9,16H,1,10-11H2,(H,17,18). The number of carbonyl (C=O) groups is 1. The second-order valence-corrected chi connectivity index (χ2v) is 3.99. The van der Waals surface area contributed by atoms with Crippen LogP contribution in [0.5, 0.6) is 0 Å². The van der Waals surface area contributed by atoms with Crippen LogP contribution in [0.1, 0.15) is 0 Å². The molecule has 1 amide bonds. The van der Waals surface area contributed by atoms with Crippen LogP contribution in [0.2, 0.25) is 0 Å². The molecule has 2 rings (SSSR count). The van der Waals surface area contributed by atoms with E-state index >= 15 is 0 Å². The molecule has 2 aromatic carbocycles. The van der Waals surface area contributed by atoms with Gasteiger partial charge in [-0.25, -0.2) is 0 Å². The van der Waals surface area contributed by atoms with E-state index in [0.29, 0.717) is 6.54 Å². The van der Waals surface area contributed by atoms with Crippen LogP contribution < -0.4 is 10.6 Å². The number of amides is 1. The fourth-order valence-electron chi connectivity index (χ4n) is 1.82. The predicted octanol–water partition coefficient (Wildman–Crippen LogP) is 2.55. The molecule has 3 heteroatoms. The van der Waals surface area contributed by atoms with Gasteiger partial charge in [0.2, 0.25) is 5.91 Å². The van der Waals surface area contributed by atoms with Crippen LogP contribution in [0, 0.1) is 0 Å². The van der Waals surface area contributed by atoms with Crippen molar-refractivity contribution in [2.45, 2.75) is 0 Å². The Morgan fingerprint density at radius 1 is 1.17 bits per heavy atom. The minimum Gasteiger partial charge on any atom is -0.324 e. The molecule has 2 N–H and O–H groups in total. The molecule has 0 fully saturated rings. The van der Waals surface area contributed by atoms with Gasteiger partial charge in [-0.2, -0.15) is 0 Å². The molecule has 0 unspecified atom stereocenters. The Morgan fingerprint density at radius 3 is 2.78 bits per heavy atom. The van der Waals surface area contributed by atoms with Gasteiger partial charge in [-0.3, -0.25) is 4.79 Å². The molecule has 0 aliphatic rings. The lowest BCUT2D eigenvalue weighted by Crippen LogP contribution is -2.28. The first-order chi connectivity index (χ1) is 8.81. The summed E-state index contributed by atoms with van der Waals surface area (Å²) in [4.78, 5) is 11.7. The molecule has 0 saturated heterocycles. The number of carbonyl (C=O) groups excluding carboxylic acids is 1. The lowest BCUT2D eigenvalue weighted by molar-refractivity contribution is -0.115. The normalized spacial score (nSPS) is 10.2. The summed E-state index contributed by atoms with van der Waals surface area (Å²) < 4.78 is 0. The molecule has 0 bridgehead atoms. The van der Waals surface area contributed by atoms with Crippen LogP contribution >= 0.6 is 0 Å². The molecular weight excluding hydrogens is 224 g/mol. The summed E-state index contributed by atoms with van der Waals surface area (Å²) in [6, 6.07) is 13.9. The van der Waals surface area contributed by atoms with Crippen LogP contribution in [0.3, 0.4) is 0 Å². The van der Waals surface area contributed by atoms with E-state index in [-0.39, 0.29) is 12.5 Å². The maximum absolute atomic E-state index is 11.7. The summed E-state index contributed by atoms with van der Waals surface area (Å²) in [5.74, 6) is -0.0480. The maximum atomic E-state index is 11.7. The van der Waals surface area contributed by atoms with Gasteiger partial charge in [-0.05, 0) is 11.5 Å². The number of rotatable bonds is 5. The van der Waals surface area contributed by atoms with Crippen LogP contribution in [0.25, 0.3) is 10.8 Å². The number of fused-ring (bicyclic) bond motifs is 1. The Labute approximate surface area is 107 Å². The van der Waals surface area contributed by atoms with Gasteiger partial charge >= 0.3 is 0 Å². The Bertz CT molecular complexity index is 558. The third kappa shape index (κ3) is 2.96. The lowest BCUT2D eigenvalue weighted by atomic mass is 10.1. The smallest absolute Gasteiger partial charge is 0.238 e. The topological polar surface area (TPSA) is 41.1 Å².